The summed E-state index contributed by atoms with van der Waals surface area (Å²) in [7, 11) is 0. The smallest absolute Gasteiger partial charge is 0.205 e. The Morgan fingerprint density at radius 3 is 2.79 bits per heavy atom. The van der Waals surface area contributed by atoms with Crippen molar-refractivity contribution in [3.8, 4) is 6.07 Å². The number of carbonyl (C=O) groups is 1. The molecule has 0 radical (unpaired) electrons. The molecule has 0 unspecified atom stereocenters. The van der Waals surface area contributed by atoms with Crippen molar-refractivity contribution in [1.82, 2.24) is 4.98 Å². The average Bonchev–Trinajstić information content (AvgIpc) is 2.90. The number of rotatable bonds is 3. The maximum absolute atomic E-state index is 13.9. The van der Waals surface area contributed by atoms with Crippen LogP contribution in [0.25, 0.3) is 17.0 Å². The van der Waals surface area contributed by atoms with Crippen LogP contribution in [-0.2, 0) is 0 Å². The number of ketones is 1. The summed E-state index contributed by atoms with van der Waals surface area (Å²) < 4.78 is 14.6. The number of nitrogens with zero attached hydrogens (tertiary/aromatic N) is 1. The molecule has 1 heterocycles. The molecule has 0 atom stereocenters. The summed E-state index contributed by atoms with van der Waals surface area (Å²) in [4.78, 5) is 16.0. The molecule has 2 aromatic carbocycles. The molecule has 0 aliphatic rings. The molecule has 1 aromatic heterocycles. The highest BCUT2D eigenvalue weighted by atomic mass is 79.9. The number of H-pyrrole nitrogens is 1. The Morgan fingerprint density at radius 2 is 2.04 bits per heavy atom. The quantitative estimate of drug-likeness (QED) is 0.386. The highest BCUT2D eigenvalue weighted by molar-refractivity contribution is 9.10. The Balaban J connectivity index is 2.13. The molecule has 0 fully saturated rings. The number of hydrogen-bond donors (Lipinski definition) is 1. The first-order chi connectivity index (χ1) is 11.5. The van der Waals surface area contributed by atoms with Crippen LogP contribution in [0.2, 0.25) is 0 Å². The zero-order valence-corrected chi connectivity index (χ0v) is 14.3. The molecule has 3 nitrogen and oxygen atoms in total. The van der Waals surface area contributed by atoms with Gasteiger partial charge >= 0.3 is 0 Å². The lowest BCUT2D eigenvalue weighted by Gasteiger charge is -2.02. The van der Waals surface area contributed by atoms with E-state index in [0.717, 1.165) is 10.9 Å². The molecule has 0 aliphatic heterocycles. The molecule has 0 spiro atoms. The number of aryl methyl sites for hydroxylation is 1. The van der Waals surface area contributed by atoms with Crippen LogP contribution in [0.5, 0.6) is 0 Å². The van der Waals surface area contributed by atoms with Crippen LogP contribution in [0.15, 0.2) is 52.5 Å². The number of benzene rings is 2. The Hall–Kier alpha value is -2.71. The van der Waals surface area contributed by atoms with Crippen molar-refractivity contribution in [3.63, 3.8) is 0 Å². The lowest BCUT2D eigenvalue weighted by Crippen LogP contribution is -2.03. The number of hydrogen-bond acceptors (Lipinski definition) is 2. The number of aromatic nitrogens is 1. The monoisotopic (exact) mass is 382 g/mol. The number of halogens is 2. The van der Waals surface area contributed by atoms with Gasteiger partial charge in [-0.3, -0.25) is 4.79 Å². The lowest BCUT2D eigenvalue weighted by atomic mass is 9.99. The van der Waals surface area contributed by atoms with E-state index in [2.05, 4.69) is 20.9 Å². The van der Waals surface area contributed by atoms with Gasteiger partial charge < -0.3 is 4.98 Å². The number of Topliss-reactive ketones (excluding diaryl/α,β-unsaturated/α-hetero) is 1. The fraction of sp³-hybridized carbons (Fsp3) is 0.0526. The van der Waals surface area contributed by atoms with Gasteiger partial charge in [-0.05, 0) is 37.3 Å². The molecule has 118 valence electrons. The maximum atomic E-state index is 13.9. The number of carbonyl (C=O) groups excluding carboxylic acids is 1. The molecule has 24 heavy (non-hydrogen) atoms. The van der Waals surface area contributed by atoms with Gasteiger partial charge in [-0.15, -0.1) is 0 Å². The Kier molecular flexibility index (Phi) is 4.32. The summed E-state index contributed by atoms with van der Waals surface area (Å²) in [6.45, 7) is 1.78. The van der Waals surface area contributed by atoms with E-state index in [1.165, 1.54) is 18.2 Å². The zero-order chi connectivity index (χ0) is 17.3. The highest BCUT2D eigenvalue weighted by Crippen LogP contribution is 2.26. The highest BCUT2D eigenvalue weighted by Gasteiger charge is 2.20. The van der Waals surface area contributed by atoms with Crippen LogP contribution < -0.4 is 0 Å². The predicted octanol–water partition coefficient (Wildman–Crippen LogP) is 5.17. The predicted molar refractivity (Wildman–Crippen MR) is 95.1 cm³/mol. The lowest BCUT2D eigenvalue weighted by molar-refractivity contribution is 0.104. The first-order valence-electron chi connectivity index (χ1n) is 7.20. The Labute approximate surface area is 146 Å². The topological polar surface area (TPSA) is 56.6 Å². The summed E-state index contributed by atoms with van der Waals surface area (Å²) in [6, 6.07) is 13.6. The average molecular weight is 383 g/mol. The molecule has 3 aromatic rings. The van der Waals surface area contributed by atoms with Gasteiger partial charge in [-0.2, -0.15) is 5.26 Å². The minimum atomic E-state index is -0.491. The zero-order valence-electron chi connectivity index (χ0n) is 12.7. The first-order valence-corrected chi connectivity index (χ1v) is 7.99. The number of para-hydroxylation sites is 1. The van der Waals surface area contributed by atoms with Crippen molar-refractivity contribution in [2.24, 2.45) is 0 Å². The normalized spacial score (nSPS) is 11.5. The summed E-state index contributed by atoms with van der Waals surface area (Å²) >= 11 is 3.26. The van der Waals surface area contributed by atoms with E-state index in [1.54, 1.807) is 13.0 Å². The van der Waals surface area contributed by atoms with Gasteiger partial charge in [0.05, 0.1) is 5.56 Å². The van der Waals surface area contributed by atoms with E-state index in [4.69, 9.17) is 0 Å². The van der Waals surface area contributed by atoms with Crippen LogP contribution in [0.4, 0.5) is 4.39 Å². The maximum Gasteiger partial charge on any atom is 0.205 e. The van der Waals surface area contributed by atoms with Gasteiger partial charge in [-0.1, -0.05) is 34.1 Å². The fourth-order valence-corrected chi connectivity index (χ4v) is 3.01. The summed E-state index contributed by atoms with van der Waals surface area (Å²) in [5.41, 5.74) is 2.02. The number of aromatic amines is 1. The molecule has 5 heteroatoms. The third-order valence-electron chi connectivity index (χ3n) is 3.74. The van der Waals surface area contributed by atoms with Crippen molar-refractivity contribution >= 4 is 38.7 Å². The van der Waals surface area contributed by atoms with E-state index in [9.17, 15) is 14.4 Å². The van der Waals surface area contributed by atoms with E-state index in [1.807, 2.05) is 30.3 Å². The van der Waals surface area contributed by atoms with Crippen molar-refractivity contribution in [2.75, 3.05) is 0 Å². The SMILES string of the molecule is Cc1[nH]c2ccccc2c1C(=O)/C(C#N)=C/c1cc(Br)ccc1F. The Morgan fingerprint density at radius 1 is 1.29 bits per heavy atom. The number of nitriles is 1. The standard InChI is InChI=1S/C19H12BrFN2O/c1-11-18(15-4-2-3-5-17(15)23-11)19(24)13(10-22)8-12-9-14(20)6-7-16(12)21/h2-9,23H,1H3/b13-8+. The Bertz CT molecular complexity index is 1030. The van der Waals surface area contributed by atoms with Crippen LogP contribution in [0.1, 0.15) is 21.6 Å². The second kappa shape index (κ2) is 6.42. The third kappa shape index (κ3) is 2.89. The van der Waals surface area contributed by atoms with E-state index < -0.39 is 11.6 Å². The largest absolute Gasteiger partial charge is 0.358 e. The molecule has 1 N–H and O–H groups in total. The van der Waals surface area contributed by atoms with E-state index in [-0.39, 0.29) is 11.1 Å². The molecule has 3 rings (SSSR count). The minimum absolute atomic E-state index is 0.111. The van der Waals surface area contributed by atoms with Gasteiger partial charge in [-0.25, -0.2) is 4.39 Å². The van der Waals surface area contributed by atoms with Crippen molar-refractivity contribution < 1.29 is 9.18 Å². The molecule has 0 saturated carbocycles. The minimum Gasteiger partial charge on any atom is -0.358 e. The molecular formula is C19H12BrFN2O. The summed E-state index contributed by atoms with van der Waals surface area (Å²) in [5, 5.41) is 10.1. The van der Waals surface area contributed by atoms with Gasteiger partial charge in [0.15, 0.2) is 0 Å². The number of nitrogens with one attached hydrogen (secondary N) is 1. The van der Waals surface area contributed by atoms with Crippen molar-refractivity contribution in [2.45, 2.75) is 6.92 Å². The van der Waals surface area contributed by atoms with Crippen LogP contribution in [0.3, 0.4) is 0 Å². The van der Waals surface area contributed by atoms with Gasteiger partial charge in [0.2, 0.25) is 5.78 Å². The molecule has 0 amide bonds. The van der Waals surface area contributed by atoms with Crippen LogP contribution in [0, 0.1) is 24.1 Å². The second-order valence-electron chi connectivity index (χ2n) is 5.34. The van der Waals surface area contributed by atoms with Crippen LogP contribution in [-0.4, -0.2) is 10.8 Å². The molecule has 0 saturated heterocycles. The van der Waals surface area contributed by atoms with Gasteiger partial charge in [0.25, 0.3) is 0 Å². The van der Waals surface area contributed by atoms with Gasteiger partial charge in [0, 0.05) is 26.6 Å². The first kappa shape index (κ1) is 16.2. The van der Waals surface area contributed by atoms with E-state index >= 15 is 0 Å². The second-order valence-corrected chi connectivity index (χ2v) is 6.25. The van der Waals surface area contributed by atoms with Crippen molar-refractivity contribution in [1.29, 1.82) is 5.26 Å². The number of allylic oxidation sites excluding steroid dienone is 1. The van der Waals surface area contributed by atoms with Crippen molar-refractivity contribution in [3.05, 3.63) is 75.1 Å². The van der Waals surface area contributed by atoms with Gasteiger partial charge in [0.1, 0.15) is 17.5 Å². The molecule has 0 aliphatic carbocycles. The van der Waals surface area contributed by atoms with Crippen LogP contribution >= 0.6 is 15.9 Å². The summed E-state index contributed by atoms with van der Waals surface area (Å²) in [5.74, 6) is -0.916. The number of fused-ring (bicyclic) bond motifs is 1. The van der Waals surface area contributed by atoms with E-state index in [0.29, 0.717) is 15.7 Å². The molecular weight excluding hydrogens is 371 g/mol. The summed E-state index contributed by atoms with van der Waals surface area (Å²) in [6.07, 6.45) is 1.28. The molecule has 0 bridgehead atoms. The third-order valence-corrected chi connectivity index (χ3v) is 4.24. The fourth-order valence-electron chi connectivity index (χ4n) is 2.63.